The van der Waals surface area contributed by atoms with Crippen LogP contribution in [0.4, 0.5) is 10.1 Å². The molecule has 29 heavy (non-hydrogen) atoms. The molecule has 0 atom stereocenters. The third-order valence-electron chi connectivity index (χ3n) is 5.37. The largest absolute Gasteiger partial charge is 0.379 e. The van der Waals surface area contributed by atoms with E-state index in [1.807, 2.05) is 25.1 Å². The van der Waals surface area contributed by atoms with Gasteiger partial charge in [-0.05, 0) is 49.6 Å². The number of fused-ring (bicyclic) bond motifs is 1. The number of hydrogen-bond acceptors (Lipinski definition) is 4. The molecule has 6 nitrogen and oxygen atoms in total. The van der Waals surface area contributed by atoms with E-state index in [0.717, 1.165) is 41.8 Å². The maximum absolute atomic E-state index is 14.6. The Labute approximate surface area is 169 Å². The van der Waals surface area contributed by atoms with Gasteiger partial charge in [0.2, 0.25) is 10.0 Å². The van der Waals surface area contributed by atoms with E-state index in [1.54, 1.807) is 4.90 Å². The Bertz CT molecular complexity index is 1050. The SMILES string of the molecule is Cc1ccc2c(c1)CCCN2C(=O)c1cc(S(=O)(=O)N2CCOCC2)ccc1F. The summed E-state index contributed by atoms with van der Waals surface area (Å²) in [4.78, 5) is 14.6. The molecular formula is C21H23FN2O4S. The standard InChI is InChI=1S/C21H23FN2O4S/c1-15-4-7-20-16(13-15)3-2-8-24(20)21(25)18-14-17(5-6-19(18)22)29(26,27)23-9-11-28-12-10-23/h4-7,13-14H,2-3,8-12H2,1H3. The number of amides is 1. The minimum absolute atomic E-state index is 0.0784. The Hall–Kier alpha value is -2.29. The molecule has 0 saturated carbocycles. The molecule has 2 heterocycles. The van der Waals surface area contributed by atoms with Crippen LogP contribution in [0.1, 0.15) is 27.9 Å². The van der Waals surface area contributed by atoms with Crippen LogP contribution in [0.2, 0.25) is 0 Å². The van der Waals surface area contributed by atoms with Gasteiger partial charge in [-0.25, -0.2) is 12.8 Å². The number of aryl methyl sites for hydroxylation is 2. The van der Waals surface area contributed by atoms with Crippen LogP contribution in [0.25, 0.3) is 0 Å². The van der Waals surface area contributed by atoms with Crippen molar-refractivity contribution in [2.45, 2.75) is 24.7 Å². The number of sulfonamides is 1. The van der Waals surface area contributed by atoms with Crippen molar-refractivity contribution < 1.29 is 22.3 Å². The number of nitrogens with zero attached hydrogens (tertiary/aromatic N) is 2. The molecule has 0 aromatic heterocycles. The van der Waals surface area contributed by atoms with Gasteiger partial charge in [-0.3, -0.25) is 4.79 Å². The highest BCUT2D eigenvalue weighted by Crippen LogP contribution is 2.30. The molecule has 2 aliphatic heterocycles. The summed E-state index contributed by atoms with van der Waals surface area (Å²) in [5.74, 6) is -1.25. The lowest BCUT2D eigenvalue weighted by atomic mass is 9.99. The number of carbonyl (C=O) groups excluding carboxylic acids is 1. The van der Waals surface area contributed by atoms with Gasteiger partial charge in [-0.1, -0.05) is 17.7 Å². The zero-order chi connectivity index (χ0) is 20.6. The predicted molar refractivity (Wildman–Crippen MR) is 107 cm³/mol. The van der Waals surface area contributed by atoms with Crippen molar-refractivity contribution in [3.05, 3.63) is 58.9 Å². The van der Waals surface area contributed by atoms with Crippen LogP contribution in [0.5, 0.6) is 0 Å². The molecule has 0 bridgehead atoms. The van der Waals surface area contributed by atoms with Crippen molar-refractivity contribution in [3.63, 3.8) is 0 Å². The number of benzene rings is 2. The van der Waals surface area contributed by atoms with Gasteiger partial charge in [0.25, 0.3) is 5.91 Å². The molecule has 2 aromatic carbocycles. The highest BCUT2D eigenvalue weighted by atomic mass is 32.2. The molecule has 4 rings (SSSR count). The summed E-state index contributed by atoms with van der Waals surface area (Å²) in [6.45, 7) is 3.56. The summed E-state index contributed by atoms with van der Waals surface area (Å²) in [5, 5.41) is 0. The summed E-state index contributed by atoms with van der Waals surface area (Å²) < 4.78 is 46.9. The average Bonchev–Trinajstić information content (AvgIpc) is 2.73. The minimum Gasteiger partial charge on any atom is -0.379 e. The summed E-state index contributed by atoms with van der Waals surface area (Å²) in [5.41, 5.74) is 2.67. The summed E-state index contributed by atoms with van der Waals surface area (Å²) in [6, 6.07) is 9.24. The van der Waals surface area contributed by atoms with Crippen molar-refractivity contribution in [3.8, 4) is 0 Å². The van der Waals surface area contributed by atoms with Gasteiger partial charge in [0, 0.05) is 25.3 Å². The Morgan fingerprint density at radius 3 is 2.59 bits per heavy atom. The number of hydrogen-bond donors (Lipinski definition) is 0. The van der Waals surface area contributed by atoms with Gasteiger partial charge in [-0.2, -0.15) is 4.31 Å². The van der Waals surface area contributed by atoms with E-state index in [2.05, 4.69) is 0 Å². The Morgan fingerprint density at radius 1 is 1.07 bits per heavy atom. The topological polar surface area (TPSA) is 66.9 Å². The fourth-order valence-corrected chi connectivity index (χ4v) is 5.28. The third-order valence-corrected chi connectivity index (χ3v) is 7.27. The molecule has 8 heteroatoms. The number of rotatable bonds is 3. The molecule has 1 fully saturated rings. The van der Waals surface area contributed by atoms with Gasteiger partial charge < -0.3 is 9.64 Å². The van der Waals surface area contributed by atoms with Crippen molar-refractivity contribution in [1.82, 2.24) is 4.31 Å². The average molecular weight is 418 g/mol. The van der Waals surface area contributed by atoms with E-state index < -0.39 is 21.7 Å². The Morgan fingerprint density at radius 2 is 1.83 bits per heavy atom. The fraction of sp³-hybridized carbons (Fsp3) is 0.381. The van der Waals surface area contributed by atoms with Crippen molar-refractivity contribution in [2.24, 2.45) is 0 Å². The third kappa shape index (κ3) is 3.80. The van der Waals surface area contributed by atoms with Crippen molar-refractivity contribution >= 4 is 21.6 Å². The van der Waals surface area contributed by atoms with Crippen LogP contribution < -0.4 is 4.90 Å². The van der Waals surface area contributed by atoms with Gasteiger partial charge >= 0.3 is 0 Å². The van der Waals surface area contributed by atoms with Crippen LogP contribution in [0.3, 0.4) is 0 Å². The summed E-state index contributed by atoms with van der Waals surface area (Å²) in [6.07, 6.45) is 1.63. The minimum atomic E-state index is -3.82. The molecule has 0 radical (unpaired) electrons. The van der Waals surface area contributed by atoms with E-state index in [9.17, 15) is 17.6 Å². The van der Waals surface area contributed by atoms with Crippen LogP contribution >= 0.6 is 0 Å². The predicted octanol–water partition coefficient (Wildman–Crippen LogP) is 2.75. The molecule has 0 spiro atoms. The molecule has 2 aliphatic rings. The fourth-order valence-electron chi connectivity index (χ4n) is 3.85. The van der Waals surface area contributed by atoms with Crippen LogP contribution in [0, 0.1) is 12.7 Å². The number of anilines is 1. The normalized spacial score (nSPS) is 17.8. The first-order valence-electron chi connectivity index (χ1n) is 9.67. The van der Waals surface area contributed by atoms with Gasteiger partial charge in [0.15, 0.2) is 0 Å². The van der Waals surface area contributed by atoms with Gasteiger partial charge in [0.1, 0.15) is 5.82 Å². The molecular weight excluding hydrogens is 395 g/mol. The quantitative estimate of drug-likeness (QED) is 0.769. The molecule has 0 N–H and O–H groups in total. The second kappa shape index (κ2) is 7.85. The van der Waals surface area contributed by atoms with E-state index in [4.69, 9.17) is 4.74 Å². The number of morpholine rings is 1. The van der Waals surface area contributed by atoms with Crippen LogP contribution in [-0.4, -0.2) is 51.5 Å². The highest BCUT2D eigenvalue weighted by Gasteiger charge is 2.30. The number of halogens is 1. The van der Waals surface area contributed by atoms with E-state index in [1.165, 1.54) is 10.4 Å². The Kier molecular flexibility index (Phi) is 5.42. The number of carbonyl (C=O) groups is 1. The molecule has 0 aliphatic carbocycles. The zero-order valence-corrected chi connectivity index (χ0v) is 17.0. The molecule has 2 aromatic rings. The van der Waals surface area contributed by atoms with E-state index >= 15 is 0 Å². The lowest BCUT2D eigenvalue weighted by molar-refractivity contribution is 0.0730. The monoisotopic (exact) mass is 418 g/mol. The molecule has 1 amide bonds. The van der Waals surface area contributed by atoms with E-state index in [-0.39, 0.29) is 23.5 Å². The summed E-state index contributed by atoms with van der Waals surface area (Å²) >= 11 is 0. The molecule has 1 saturated heterocycles. The second-order valence-corrected chi connectivity index (χ2v) is 9.29. The van der Waals surface area contributed by atoms with E-state index in [0.29, 0.717) is 19.8 Å². The van der Waals surface area contributed by atoms with Crippen LogP contribution in [0.15, 0.2) is 41.3 Å². The molecule has 0 unspecified atom stereocenters. The van der Waals surface area contributed by atoms with Crippen LogP contribution in [-0.2, 0) is 21.2 Å². The maximum atomic E-state index is 14.6. The lowest BCUT2D eigenvalue weighted by Crippen LogP contribution is -2.40. The highest BCUT2D eigenvalue weighted by molar-refractivity contribution is 7.89. The van der Waals surface area contributed by atoms with Crippen molar-refractivity contribution in [1.29, 1.82) is 0 Å². The Balaban J connectivity index is 1.69. The van der Waals surface area contributed by atoms with Gasteiger partial charge in [-0.15, -0.1) is 0 Å². The lowest BCUT2D eigenvalue weighted by Gasteiger charge is -2.30. The maximum Gasteiger partial charge on any atom is 0.261 e. The first-order valence-corrected chi connectivity index (χ1v) is 11.1. The first-order chi connectivity index (χ1) is 13.9. The first kappa shape index (κ1) is 20.0. The smallest absolute Gasteiger partial charge is 0.261 e. The second-order valence-electron chi connectivity index (χ2n) is 7.35. The van der Waals surface area contributed by atoms with Crippen molar-refractivity contribution in [2.75, 3.05) is 37.7 Å². The zero-order valence-electron chi connectivity index (χ0n) is 16.2. The summed E-state index contributed by atoms with van der Waals surface area (Å²) in [7, 11) is -3.82. The molecule has 154 valence electrons. The number of ether oxygens (including phenoxy) is 1. The van der Waals surface area contributed by atoms with Gasteiger partial charge in [0.05, 0.1) is 23.7 Å².